The van der Waals surface area contributed by atoms with Crippen LogP contribution >= 0.6 is 0 Å². The van der Waals surface area contributed by atoms with Crippen LogP contribution in [0.1, 0.15) is 54.0 Å². The molecule has 1 atom stereocenters. The molecule has 0 N–H and O–H groups in total. The van der Waals surface area contributed by atoms with Crippen molar-refractivity contribution in [2.75, 3.05) is 4.90 Å². The summed E-state index contributed by atoms with van der Waals surface area (Å²) in [6.07, 6.45) is 5.70. The van der Waals surface area contributed by atoms with Gasteiger partial charge in [0.1, 0.15) is 0 Å². The molecule has 0 amide bonds. The number of fused-ring (bicyclic) bond motifs is 9. The van der Waals surface area contributed by atoms with Crippen LogP contribution in [-0.4, -0.2) is 4.57 Å². The summed E-state index contributed by atoms with van der Waals surface area (Å²) in [4.78, 5) is 2.47. The summed E-state index contributed by atoms with van der Waals surface area (Å²) in [6, 6.07) is 58.8. The molecule has 1 unspecified atom stereocenters. The largest absolute Gasteiger partial charge is 0.313 e. The Morgan fingerprint density at radius 2 is 1.28 bits per heavy atom. The van der Waals surface area contributed by atoms with Crippen molar-refractivity contribution in [3.05, 3.63) is 203 Å². The normalized spacial score (nSPS) is 16.5. The zero-order valence-corrected chi connectivity index (χ0v) is 30.8. The molecule has 2 nitrogen and oxygen atoms in total. The molecule has 1 aliphatic heterocycles. The average Bonchev–Trinajstić information content (AvgIpc) is 3.80. The number of aryl methyl sites for hydroxylation is 1. The molecule has 2 aliphatic carbocycles. The van der Waals surface area contributed by atoms with Crippen LogP contribution in [0.25, 0.3) is 55.3 Å². The highest BCUT2D eigenvalue weighted by Gasteiger charge is 2.37. The molecule has 2 heterocycles. The van der Waals surface area contributed by atoms with Gasteiger partial charge in [0, 0.05) is 44.9 Å². The maximum Gasteiger partial charge on any atom is 0.0541 e. The van der Waals surface area contributed by atoms with Crippen molar-refractivity contribution in [2.24, 2.45) is 0 Å². The fourth-order valence-electron chi connectivity index (χ4n) is 9.73. The zero-order valence-electron chi connectivity index (χ0n) is 30.8. The lowest BCUT2D eigenvalue weighted by atomic mass is 9.82. The Bertz CT molecular complexity index is 2900. The average molecular weight is 693 g/mol. The van der Waals surface area contributed by atoms with Crippen LogP contribution in [0.15, 0.2) is 176 Å². The van der Waals surface area contributed by atoms with Gasteiger partial charge in [-0.05, 0) is 118 Å². The van der Waals surface area contributed by atoms with Gasteiger partial charge in [-0.3, -0.25) is 0 Å². The molecule has 0 radical (unpaired) electrons. The molecule has 1 aromatic heterocycles. The minimum Gasteiger partial charge on any atom is -0.313 e. The summed E-state index contributed by atoms with van der Waals surface area (Å²) < 4.78 is 2.47. The van der Waals surface area contributed by atoms with E-state index < -0.39 is 0 Å². The van der Waals surface area contributed by atoms with Crippen molar-refractivity contribution in [3.63, 3.8) is 0 Å². The first-order valence-corrected chi connectivity index (χ1v) is 19.2. The van der Waals surface area contributed by atoms with Gasteiger partial charge in [-0.25, -0.2) is 0 Å². The Hall–Kier alpha value is -6.38. The first kappa shape index (κ1) is 31.2. The quantitative estimate of drug-likeness (QED) is 0.178. The minimum atomic E-state index is -0.0487. The zero-order chi connectivity index (χ0) is 36.1. The van der Waals surface area contributed by atoms with Gasteiger partial charge in [-0.15, -0.1) is 0 Å². The molecule has 11 rings (SSSR count). The van der Waals surface area contributed by atoms with Gasteiger partial charge >= 0.3 is 0 Å². The summed E-state index contributed by atoms with van der Waals surface area (Å²) in [5.41, 5.74) is 20.9. The van der Waals surface area contributed by atoms with Crippen molar-refractivity contribution in [2.45, 2.75) is 38.5 Å². The summed E-state index contributed by atoms with van der Waals surface area (Å²) in [5.74, 6) is 0.300. The van der Waals surface area contributed by atoms with Crippen LogP contribution in [0.5, 0.6) is 0 Å². The molecular formula is C52H40N2. The second kappa shape index (κ2) is 11.6. The molecule has 0 saturated carbocycles. The third-order valence-electron chi connectivity index (χ3n) is 12.4. The molecule has 54 heavy (non-hydrogen) atoms. The van der Waals surface area contributed by atoms with Crippen LogP contribution in [0.2, 0.25) is 0 Å². The Kier molecular flexibility index (Phi) is 6.67. The number of para-hydroxylation sites is 2. The SMILES string of the molecule is Cc1cccc(-c2ccc(N3C4=CC=C(c5ccc6c(c5)c5ccccc5n6-c5ccc6c(c5)C(C)(C)c5ccccc5-6)CC4c4ccccc43)cc2)c1. The second-order valence-corrected chi connectivity index (χ2v) is 15.8. The first-order valence-electron chi connectivity index (χ1n) is 19.2. The molecule has 258 valence electrons. The monoisotopic (exact) mass is 692 g/mol. The first-order chi connectivity index (χ1) is 26.4. The highest BCUT2D eigenvalue weighted by atomic mass is 15.2. The van der Waals surface area contributed by atoms with E-state index in [1.807, 2.05) is 0 Å². The number of benzene rings is 7. The Morgan fingerprint density at radius 1 is 0.537 bits per heavy atom. The molecule has 2 heteroatoms. The highest BCUT2D eigenvalue weighted by molar-refractivity contribution is 6.10. The van der Waals surface area contributed by atoms with E-state index in [9.17, 15) is 0 Å². The van der Waals surface area contributed by atoms with E-state index in [1.165, 1.54) is 100 Å². The molecule has 8 aromatic rings. The smallest absolute Gasteiger partial charge is 0.0541 e. The predicted molar refractivity (Wildman–Crippen MR) is 227 cm³/mol. The van der Waals surface area contributed by atoms with Crippen LogP contribution < -0.4 is 4.90 Å². The molecule has 3 aliphatic rings. The van der Waals surface area contributed by atoms with Gasteiger partial charge in [0.05, 0.1) is 11.0 Å². The summed E-state index contributed by atoms with van der Waals surface area (Å²) in [5, 5.41) is 2.58. The van der Waals surface area contributed by atoms with E-state index in [0.29, 0.717) is 5.92 Å². The summed E-state index contributed by atoms with van der Waals surface area (Å²) in [6.45, 7) is 6.88. The van der Waals surface area contributed by atoms with Gasteiger partial charge in [0.2, 0.25) is 0 Å². The third kappa shape index (κ3) is 4.53. The van der Waals surface area contributed by atoms with E-state index >= 15 is 0 Å². The number of anilines is 2. The van der Waals surface area contributed by atoms with E-state index in [0.717, 1.165) is 6.42 Å². The summed E-state index contributed by atoms with van der Waals surface area (Å²) >= 11 is 0. The minimum absolute atomic E-state index is 0.0487. The number of allylic oxidation sites excluding steroid dienone is 4. The predicted octanol–water partition coefficient (Wildman–Crippen LogP) is 13.7. The van der Waals surface area contributed by atoms with Crippen molar-refractivity contribution in [1.29, 1.82) is 0 Å². The maximum absolute atomic E-state index is 2.47. The fourth-order valence-corrected chi connectivity index (χ4v) is 9.73. The van der Waals surface area contributed by atoms with Crippen LogP contribution in [-0.2, 0) is 5.41 Å². The van der Waals surface area contributed by atoms with E-state index in [2.05, 4.69) is 200 Å². The Balaban J connectivity index is 0.984. The summed E-state index contributed by atoms with van der Waals surface area (Å²) in [7, 11) is 0. The number of nitrogens with zero attached hydrogens (tertiary/aromatic N) is 2. The molecular weight excluding hydrogens is 653 g/mol. The van der Waals surface area contributed by atoms with Gasteiger partial charge in [0.25, 0.3) is 0 Å². The maximum atomic E-state index is 2.47. The Morgan fingerprint density at radius 3 is 2.17 bits per heavy atom. The van der Waals surface area contributed by atoms with Crippen LogP contribution in [0.4, 0.5) is 11.4 Å². The van der Waals surface area contributed by atoms with Crippen molar-refractivity contribution < 1.29 is 0 Å². The molecule has 0 spiro atoms. The number of aromatic nitrogens is 1. The lowest BCUT2D eigenvalue weighted by Gasteiger charge is -2.26. The van der Waals surface area contributed by atoms with Crippen LogP contribution in [0, 0.1) is 6.92 Å². The Labute approximate surface area is 317 Å². The van der Waals surface area contributed by atoms with Crippen molar-refractivity contribution >= 4 is 38.8 Å². The number of hydrogen-bond acceptors (Lipinski definition) is 1. The third-order valence-corrected chi connectivity index (χ3v) is 12.4. The molecule has 0 saturated heterocycles. The highest BCUT2D eigenvalue weighted by Crippen LogP contribution is 2.53. The van der Waals surface area contributed by atoms with Gasteiger partial charge in [-0.2, -0.15) is 0 Å². The van der Waals surface area contributed by atoms with Crippen molar-refractivity contribution in [3.8, 4) is 27.9 Å². The van der Waals surface area contributed by atoms with Gasteiger partial charge in [-0.1, -0.05) is 135 Å². The fraction of sp³-hybridized carbons (Fsp3) is 0.115. The topological polar surface area (TPSA) is 8.17 Å². The lowest BCUT2D eigenvalue weighted by molar-refractivity contribution is 0.660. The molecule has 0 bridgehead atoms. The van der Waals surface area contributed by atoms with Crippen molar-refractivity contribution in [1.82, 2.24) is 4.57 Å². The van der Waals surface area contributed by atoms with Gasteiger partial charge in [0.15, 0.2) is 0 Å². The van der Waals surface area contributed by atoms with E-state index in [4.69, 9.17) is 0 Å². The van der Waals surface area contributed by atoms with E-state index in [1.54, 1.807) is 0 Å². The molecule has 0 fully saturated rings. The second-order valence-electron chi connectivity index (χ2n) is 15.8. The number of rotatable bonds is 4. The molecule has 7 aromatic carbocycles. The number of hydrogen-bond donors (Lipinski definition) is 0. The van der Waals surface area contributed by atoms with Crippen LogP contribution in [0.3, 0.4) is 0 Å². The lowest BCUT2D eigenvalue weighted by Crippen LogP contribution is -2.15. The van der Waals surface area contributed by atoms with E-state index in [-0.39, 0.29) is 5.41 Å². The standard InChI is InChI=1S/C52H40N2/c1-33-11-10-12-35(29-33)34-19-23-38(24-20-34)53-48-17-8-5-14-42(48)44-30-36(21-27-50(44)53)37-22-28-51-45(31-37)43-15-6-9-18-49(43)54(51)39-25-26-41-40-13-4-7-16-46(40)52(2,3)47(41)32-39/h4-29,31-32,44H,30H2,1-3H3. The van der Waals surface area contributed by atoms with Gasteiger partial charge < -0.3 is 9.47 Å².